The van der Waals surface area contributed by atoms with Crippen LogP contribution in [0.2, 0.25) is 0 Å². The Morgan fingerprint density at radius 2 is 2.35 bits per heavy atom. The van der Waals surface area contributed by atoms with Crippen molar-refractivity contribution in [3.05, 3.63) is 29.6 Å². The molecule has 0 radical (unpaired) electrons. The Morgan fingerprint density at radius 1 is 1.59 bits per heavy atom. The monoisotopic (exact) mass is 233 g/mol. The molecule has 1 aliphatic rings. The third-order valence-electron chi connectivity index (χ3n) is 3.23. The van der Waals surface area contributed by atoms with Crippen LogP contribution in [0.25, 0.3) is 0 Å². The van der Waals surface area contributed by atoms with Crippen molar-refractivity contribution < 1.29 is 9.53 Å². The first-order chi connectivity index (χ1) is 8.20. The zero-order valence-electron chi connectivity index (χ0n) is 10.5. The molecular formula is C14H19NO2. The Balaban J connectivity index is 2.09. The molecule has 0 bridgehead atoms. The molecule has 1 aromatic rings. The van der Waals surface area contributed by atoms with E-state index in [0.29, 0.717) is 24.9 Å². The fraction of sp³-hybridized carbons (Fsp3) is 0.571. The van der Waals surface area contributed by atoms with Gasteiger partial charge in [0.2, 0.25) is 0 Å². The van der Waals surface area contributed by atoms with Crippen molar-refractivity contribution in [1.29, 1.82) is 0 Å². The van der Waals surface area contributed by atoms with Gasteiger partial charge >= 0.3 is 5.97 Å². The molecule has 1 atom stereocenters. The van der Waals surface area contributed by atoms with Crippen molar-refractivity contribution >= 4 is 5.97 Å². The number of hydrogen-bond donors (Lipinski definition) is 0. The Hall–Kier alpha value is -1.38. The number of aryl methyl sites for hydroxylation is 1. The molecule has 0 N–H and O–H groups in total. The summed E-state index contributed by atoms with van der Waals surface area (Å²) in [7, 11) is 0. The second-order valence-electron chi connectivity index (χ2n) is 4.68. The zero-order chi connectivity index (χ0) is 12.3. The summed E-state index contributed by atoms with van der Waals surface area (Å²) < 4.78 is 5.05. The van der Waals surface area contributed by atoms with E-state index in [1.54, 1.807) is 0 Å². The highest BCUT2D eigenvalue weighted by Crippen LogP contribution is 2.44. The van der Waals surface area contributed by atoms with Gasteiger partial charge in [-0.25, -0.2) is 0 Å². The van der Waals surface area contributed by atoms with E-state index in [-0.39, 0.29) is 5.97 Å². The van der Waals surface area contributed by atoms with E-state index in [9.17, 15) is 4.79 Å². The lowest BCUT2D eigenvalue weighted by atomic mass is 9.91. The first-order valence-corrected chi connectivity index (χ1v) is 6.29. The van der Waals surface area contributed by atoms with Gasteiger partial charge in [-0.15, -0.1) is 0 Å². The molecule has 3 nitrogen and oxygen atoms in total. The fourth-order valence-corrected chi connectivity index (χ4v) is 2.25. The van der Waals surface area contributed by atoms with Crippen LogP contribution in [-0.2, 0) is 9.53 Å². The molecular weight excluding hydrogens is 214 g/mol. The number of hydrogen-bond acceptors (Lipinski definition) is 3. The lowest BCUT2D eigenvalue weighted by Gasteiger charge is -2.16. The molecule has 1 aromatic heterocycles. The van der Waals surface area contributed by atoms with Crippen LogP contribution in [-0.4, -0.2) is 17.6 Å². The minimum atomic E-state index is -0.0844. The summed E-state index contributed by atoms with van der Waals surface area (Å²) in [6.07, 6.45) is 4.78. The Morgan fingerprint density at radius 3 is 2.94 bits per heavy atom. The van der Waals surface area contributed by atoms with Crippen LogP contribution in [0.5, 0.6) is 0 Å². The van der Waals surface area contributed by atoms with E-state index in [2.05, 4.69) is 11.1 Å². The van der Waals surface area contributed by atoms with E-state index in [4.69, 9.17) is 4.74 Å². The highest BCUT2D eigenvalue weighted by Gasteiger charge is 2.34. The van der Waals surface area contributed by atoms with Crippen molar-refractivity contribution in [3.8, 4) is 0 Å². The largest absolute Gasteiger partial charge is 0.466 e. The number of nitrogens with zero attached hydrogens (tertiary/aromatic N) is 1. The predicted molar refractivity (Wildman–Crippen MR) is 65.7 cm³/mol. The topological polar surface area (TPSA) is 39.2 Å². The number of rotatable bonds is 5. The van der Waals surface area contributed by atoms with Crippen molar-refractivity contribution in [2.24, 2.45) is 5.92 Å². The maximum Gasteiger partial charge on any atom is 0.306 e. The summed E-state index contributed by atoms with van der Waals surface area (Å²) in [6, 6.07) is 4.11. The Bertz CT molecular complexity index is 399. The molecule has 0 saturated heterocycles. The molecule has 0 unspecified atom stereocenters. The first-order valence-electron chi connectivity index (χ1n) is 6.29. The average molecular weight is 233 g/mol. The summed E-state index contributed by atoms with van der Waals surface area (Å²) in [6.45, 7) is 4.30. The van der Waals surface area contributed by atoms with Gasteiger partial charge in [0.25, 0.3) is 0 Å². The molecule has 1 aliphatic carbocycles. The van der Waals surface area contributed by atoms with Crippen LogP contribution in [0.1, 0.15) is 43.4 Å². The quantitative estimate of drug-likeness (QED) is 0.734. The summed E-state index contributed by atoms with van der Waals surface area (Å²) in [5.41, 5.74) is 2.24. The second-order valence-corrected chi connectivity index (χ2v) is 4.68. The molecule has 3 heteroatoms. The molecule has 1 saturated carbocycles. The third kappa shape index (κ3) is 3.29. The van der Waals surface area contributed by atoms with Crippen LogP contribution in [0.3, 0.4) is 0 Å². The smallest absolute Gasteiger partial charge is 0.306 e. The van der Waals surface area contributed by atoms with Crippen molar-refractivity contribution in [2.75, 3.05) is 6.61 Å². The van der Waals surface area contributed by atoms with Crippen LogP contribution in [0, 0.1) is 12.8 Å². The highest BCUT2D eigenvalue weighted by molar-refractivity contribution is 5.70. The minimum Gasteiger partial charge on any atom is -0.466 e. The highest BCUT2D eigenvalue weighted by atomic mass is 16.5. The average Bonchev–Trinajstić information content (AvgIpc) is 3.10. The van der Waals surface area contributed by atoms with Crippen molar-refractivity contribution in [1.82, 2.24) is 4.98 Å². The lowest BCUT2D eigenvalue weighted by molar-refractivity contribution is -0.143. The van der Waals surface area contributed by atoms with E-state index < -0.39 is 0 Å². The molecule has 0 aromatic carbocycles. The van der Waals surface area contributed by atoms with Gasteiger partial charge < -0.3 is 4.74 Å². The number of ether oxygens (including phenoxy) is 1. The molecule has 1 fully saturated rings. The molecule has 2 rings (SSSR count). The normalized spacial score (nSPS) is 16.6. The van der Waals surface area contributed by atoms with E-state index in [1.165, 1.54) is 18.4 Å². The van der Waals surface area contributed by atoms with Crippen LogP contribution in [0.4, 0.5) is 0 Å². The van der Waals surface area contributed by atoms with Crippen molar-refractivity contribution in [3.63, 3.8) is 0 Å². The zero-order valence-corrected chi connectivity index (χ0v) is 10.5. The summed E-state index contributed by atoms with van der Waals surface area (Å²) >= 11 is 0. The summed E-state index contributed by atoms with van der Waals surface area (Å²) in [5.74, 6) is 0.885. The van der Waals surface area contributed by atoms with Gasteiger partial charge in [-0.1, -0.05) is 0 Å². The maximum absolute atomic E-state index is 11.6. The van der Waals surface area contributed by atoms with E-state index in [1.807, 2.05) is 26.1 Å². The number of aromatic nitrogens is 1. The third-order valence-corrected chi connectivity index (χ3v) is 3.23. The Kier molecular flexibility index (Phi) is 3.77. The molecule has 0 aliphatic heterocycles. The predicted octanol–water partition coefficient (Wildman–Crippen LogP) is 2.84. The fourth-order valence-electron chi connectivity index (χ4n) is 2.25. The van der Waals surface area contributed by atoms with Crippen LogP contribution >= 0.6 is 0 Å². The minimum absolute atomic E-state index is 0.0844. The molecule has 0 spiro atoms. The number of carbonyl (C=O) groups excluding carboxylic acids is 1. The van der Waals surface area contributed by atoms with E-state index >= 15 is 0 Å². The van der Waals surface area contributed by atoms with Crippen LogP contribution < -0.4 is 0 Å². The van der Waals surface area contributed by atoms with Crippen molar-refractivity contribution in [2.45, 2.75) is 39.0 Å². The summed E-state index contributed by atoms with van der Waals surface area (Å²) in [4.78, 5) is 15.8. The maximum atomic E-state index is 11.6. The summed E-state index contributed by atoms with van der Waals surface area (Å²) in [5, 5.41) is 0. The first kappa shape index (κ1) is 12.1. The standard InChI is InChI=1S/C14H19NO2/c1-3-17-14(16)9-13(11-4-5-11)12-6-7-15-10(2)8-12/h6-8,11,13H,3-5,9H2,1-2H3/t13-/m0/s1. The van der Waals surface area contributed by atoms with Gasteiger partial charge in [0.05, 0.1) is 13.0 Å². The van der Waals surface area contributed by atoms with Gasteiger partial charge in [0.1, 0.15) is 0 Å². The van der Waals surface area contributed by atoms with Gasteiger partial charge in [-0.3, -0.25) is 9.78 Å². The van der Waals surface area contributed by atoms with Gasteiger partial charge in [0.15, 0.2) is 0 Å². The SMILES string of the molecule is CCOC(=O)C[C@H](c1ccnc(C)c1)C1CC1. The van der Waals surface area contributed by atoms with E-state index in [0.717, 1.165) is 5.69 Å². The lowest BCUT2D eigenvalue weighted by Crippen LogP contribution is -2.12. The molecule has 0 amide bonds. The Labute approximate surface area is 102 Å². The van der Waals surface area contributed by atoms with Gasteiger partial charge in [-0.05, 0) is 56.2 Å². The number of pyridine rings is 1. The molecule has 1 heterocycles. The molecule has 17 heavy (non-hydrogen) atoms. The molecule has 92 valence electrons. The number of esters is 1. The van der Waals surface area contributed by atoms with Gasteiger partial charge in [0, 0.05) is 11.9 Å². The van der Waals surface area contributed by atoms with Crippen LogP contribution in [0.15, 0.2) is 18.3 Å². The second kappa shape index (κ2) is 5.30. The number of carbonyl (C=O) groups is 1. The van der Waals surface area contributed by atoms with Gasteiger partial charge in [-0.2, -0.15) is 0 Å².